The van der Waals surface area contributed by atoms with Gasteiger partial charge >= 0.3 is 0 Å². The monoisotopic (exact) mass is 315 g/mol. The fourth-order valence-corrected chi connectivity index (χ4v) is 3.54. The Morgan fingerprint density at radius 1 is 1.35 bits per heavy atom. The van der Waals surface area contributed by atoms with E-state index >= 15 is 0 Å². The van der Waals surface area contributed by atoms with Crippen LogP contribution in [0.25, 0.3) is 0 Å². The van der Waals surface area contributed by atoms with Crippen molar-refractivity contribution >= 4 is 11.6 Å². The molecule has 1 N–H and O–H groups in total. The first-order chi connectivity index (χ1) is 11.1. The van der Waals surface area contributed by atoms with Crippen molar-refractivity contribution < 1.29 is 9.90 Å². The first-order valence-corrected chi connectivity index (χ1v) is 8.44. The highest BCUT2D eigenvalue weighted by molar-refractivity contribution is 5.89. The summed E-state index contributed by atoms with van der Waals surface area (Å²) in [6, 6.07) is 7.48. The number of likely N-dealkylation sites (tertiary alicyclic amines) is 1. The van der Waals surface area contributed by atoms with Crippen LogP contribution >= 0.6 is 0 Å². The number of phenolic OH excluding ortho intramolecular Hbond substituents is 1. The zero-order valence-electron chi connectivity index (χ0n) is 13.9. The molecule has 23 heavy (non-hydrogen) atoms. The lowest BCUT2D eigenvalue weighted by molar-refractivity contribution is -0.135. The number of para-hydroxylation sites is 1. The van der Waals surface area contributed by atoms with Crippen LogP contribution in [-0.4, -0.2) is 45.8 Å². The van der Waals surface area contributed by atoms with E-state index < -0.39 is 0 Å². The number of hydrazone groups is 1. The largest absolute Gasteiger partial charge is 0.508 e. The quantitative estimate of drug-likeness (QED) is 0.933. The molecule has 0 radical (unpaired) electrons. The van der Waals surface area contributed by atoms with Crippen molar-refractivity contribution in [2.24, 2.45) is 5.10 Å². The fraction of sp³-hybridized carbons (Fsp3) is 0.556. The van der Waals surface area contributed by atoms with Crippen molar-refractivity contribution in [1.82, 2.24) is 9.91 Å². The molecule has 3 rings (SSSR count). The van der Waals surface area contributed by atoms with Crippen LogP contribution in [0.5, 0.6) is 5.75 Å². The smallest absolute Gasteiger partial charge is 0.257 e. The maximum Gasteiger partial charge on any atom is 0.257 e. The average molecular weight is 315 g/mol. The maximum absolute atomic E-state index is 12.8. The predicted molar refractivity (Wildman–Crippen MR) is 90.3 cm³/mol. The van der Waals surface area contributed by atoms with E-state index in [0.29, 0.717) is 19.0 Å². The molecule has 0 aliphatic carbocycles. The topological polar surface area (TPSA) is 56.1 Å². The highest BCUT2D eigenvalue weighted by Crippen LogP contribution is 2.35. The second-order valence-corrected chi connectivity index (χ2v) is 6.67. The van der Waals surface area contributed by atoms with Crippen molar-refractivity contribution in [3.63, 3.8) is 0 Å². The fourth-order valence-electron chi connectivity index (χ4n) is 3.54. The number of nitrogens with zero attached hydrogens (tertiary/aromatic N) is 3. The molecule has 2 atom stereocenters. The van der Waals surface area contributed by atoms with Gasteiger partial charge in [-0.15, -0.1) is 0 Å². The third-order valence-corrected chi connectivity index (χ3v) is 4.89. The van der Waals surface area contributed by atoms with Gasteiger partial charge in [-0.1, -0.05) is 24.6 Å². The van der Waals surface area contributed by atoms with Crippen LogP contribution in [0.2, 0.25) is 0 Å². The summed E-state index contributed by atoms with van der Waals surface area (Å²) >= 11 is 0. The van der Waals surface area contributed by atoms with E-state index in [4.69, 9.17) is 0 Å². The summed E-state index contributed by atoms with van der Waals surface area (Å²) < 4.78 is 0. The Hall–Kier alpha value is -1.88. The molecule has 1 aromatic rings. The normalized spacial score (nSPS) is 25.5. The Labute approximate surface area is 137 Å². The highest BCUT2D eigenvalue weighted by atomic mass is 16.3. The zero-order valence-corrected chi connectivity index (χ0v) is 13.9. The third-order valence-electron chi connectivity index (χ3n) is 4.89. The first-order valence-electron chi connectivity index (χ1n) is 8.44. The number of carbonyl (C=O) groups excluding carboxylic acids is 1. The van der Waals surface area contributed by atoms with Gasteiger partial charge in [-0.05, 0) is 39.3 Å². The lowest BCUT2D eigenvalue weighted by Gasteiger charge is -2.34. The zero-order chi connectivity index (χ0) is 16.4. The third kappa shape index (κ3) is 3.39. The SMILES string of the molecule is CC1=NN(C(=O)CN2CCCCC2C)C(c2ccccc2O)C1. The summed E-state index contributed by atoms with van der Waals surface area (Å²) in [4.78, 5) is 15.0. The maximum atomic E-state index is 12.8. The van der Waals surface area contributed by atoms with Gasteiger partial charge in [0, 0.05) is 23.7 Å². The molecule has 2 heterocycles. The summed E-state index contributed by atoms with van der Waals surface area (Å²) in [7, 11) is 0. The molecule has 2 aliphatic heterocycles. The minimum atomic E-state index is -0.191. The molecule has 2 unspecified atom stereocenters. The summed E-state index contributed by atoms with van der Waals surface area (Å²) in [5, 5.41) is 16.1. The number of aromatic hydroxyl groups is 1. The Balaban J connectivity index is 1.76. The number of phenols is 1. The van der Waals surface area contributed by atoms with E-state index in [-0.39, 0.29) is 17.7 Å². The van der Waals surface area contributed by atoms with E-state index in [9.17, 15) is 9.90 Å². The van der Waals surface area contributed by atoms with Crippen LogP contribution in [0.1, 0.15) is 51.1 Å². The van der Waals surface area contributed by atoms with E-state index in [1.54, 1.807) is 17.1 Å². The van der Waals surface area contributed by atoms with Gasteiger partial charge in [-0.3, -0.25) is 9.69 Å². The summed E-state index contributed by atoms with van der Waals surface area (Å²) in [6.45, 7) is 5.50. The van der Waals surface area contributed by atoms with Gasteiger partial charge in [0.15, 0.2) is 0 Å². The second-order valence-electron chi connectivity index (χ2n) is 6.67. The number of carbonyl (C=O) groups is 1. The van der Waals surface area contributed by atoms with Crippen LogP contribution in [0.4, 0.5) is 0 Å². The van der Waals surface area contributed by atoms with Crippen LogP contribution in [0.15, 0.2) is 29.4 Å². The standard InChI is InChI=1S/C18H25N3O2/c1-13-11-16(15-8-3-4-9-17(15)22)21(19-13)18(23)12-20-10-6-5-7-14(20)2/h3-4,8-9,14,16,22H,5-7,10-12H2,1-2H3. The molecule has 2 aliphatic rings. The van der Waals surface area contributed by atoms with Crippen molar-refractivity contribution in [2.75, 3.05) is 13.1 Å². The van der Waals surface area contributed by atoms with E-state index in [1.165, 1.54) is 6.42 Å². The second kappa shape index (κ2) is 6.71. The minimum Gasteiger partial charge on any atom is -0.508 e. The lowest BCUT2D eigenvalue weighted by Crippen LogP contribution is -2.44. The number of amides is 1. The van der Waals surface area contributed by atoms with Crippen molar-refractivity contribution in [3.05, 3.63) is 29.8 Å². The Kier molecular flexibility index (Phi) is 4.66. The molecular formula is C18H25N3O2. The number of benzene rings is 1. The molecule has 0 bridgehead atoms. The van der Waals surface area contributed by atoms with Gasteiger partial charge in [0.05, 0.1) is 12.6 Å². The molecule has 0 saturated carbocycles. The lowest BCUT2D eigenvalue weighted by atomic mass is 10.0. The molecular weight excluding hydrogens is 290 g/mol. The molecule has 124 valence electrons. The van der Waals surface area contributed by atoms with Gasteiger partial charge in [-0.25, -0.2) is 5.01 Å². The summed E-state index contributed by atoms with van der Waals surface area (Å²) in [5.41, 5.74) is 1.70. The van der Waals surface area contributed by atoms with Crippen LogP contribution < -0.4 is 0 Å². The Morgan fingerprint density at radius 3 is 2.87 bits per heavy atom. The Bertz CT molecular complexity index is 614. The van der Waals surface area contributed by atoms with Crippen LogP contribution in [0.3, 0.4) is 0 Å². The summed E-state index contributed by atoms with van der Waals surface area (Å²) in [5.74, 6) is 0.246. The number of hydrogen-bond acceptors (Lipinski definition) is 4. The van der Waals surface area contributed by atoms with E-state index in [0.717, 1.165) is 30.7 Å². The Morgan fingerprint density at radius 2 is 2.13 bits per heavy atom. The van der Waals surface area contributed by atoms with Crippen molar-refractivity contribution in [2.45, 2.75) is 51.6 Å². The average Bonchev–Trinajstić information content (AvgIpc) is 2.92. The number of piperidine rings is 1. The summed E-state index contributed by atoms with van der Waals surface area (Å²) in [6.07, 6.45) is 4.23. The molecule has 1 fully saturated rings. The van der Waals surface area contributed by atoms with Gasteiger partial charge in [0.1, 0.15) is 5.75 Å². The number of hydrogen-bond donors (Lipinski definition) is 1. The number of rotatable bonds is 3. The molecule has 1 saturated heterocycles. The molecule has 5 heteroatoms. The van der Waals surface area contributed by atoms with Crippen LogP contribution in [0, 0.1) is 0 Å². The van der Waals surface area contributed by atoms with E-state index in [1.807, 2.05) is 19.1 Å². The molecule has 5 nitrogen and oxygen atoms in total. The van der Waals surface area contributed by atoms with Gasteiger partial charge in [0.25, 0.3) is 5.91 Å². The predicted octanol–water partition coefficient (Wildman–Crippen LogP) is 2.92. The van der Waals surface area contributed by atoms with Gasteiger partial charge < -0.3 is 5.11 Å². The van der Waals surface area contributed by atoms with Gasteiger partial charge in [-0.2, -0.15) is 5.10 Å². The molecule has 1 aromatic carbocycles. The highest BCUT2D eigenvalue weighted by Gasteiger charge is 2.34. The minimum absolute atomic E-state index is 0.0175. The van der Waals surface area contributed by atoms with Crippen molar-refractivity contribution in [3.8, 4) is 5.75 Å². The van der Waals surface area contributed by atoms with Crippen molar-refractivity contribution in [1.29, 1.82) is 0 Å². The molecule has 0 aromatic heterocycles. The first kappa shape index (κ1) is 16.0. The van der Waals surface area contributed by atoms with Gasteiger partial charge in [0.2, 0.25) is 0 Å². The molecule has 1 amide bonds. The van der Waals surface area contributed by atoms with Crippen LogP contribution in [-0.2, 0) is 4.79 Å². The van der Waals surface area contributed by atoms with E-state index in [2.05, 4.69) is 16.9 Å². The molecule has 0 spiro atoms.